The predicted octanol–water partition coefficient (Wildman–Crippen LogP) is 6.62. The molecule has 12 heteroatoms. The summed E-state index contributed by atoms with van der Waals surface area (Å²) in [5.74, 6) is -0.447. The normalized spacial score (nSPS) is 11.7. The molecule has 0 bridgehead atoms. The number of sulfonamides is 1. The van der Waals surface area contributed by atoms with Crippen LogP contribution in [0.25, 0.3) is 0 Å². The van der Waals surface area contributed by atoms with Crippen LogP contribution < -0.4 is 19.5 Å². The van der Waals surface area contributed by atoms with Gasteiger partial charge in [-0.3, -0.25) is 14.3 Å². The molecule has 0 aliphatic carbocycles. The van der Waals surface area contributed by atoms with Gasteiger partial charge in [0.05, 0.1) is 12.0 Å². The van der Waals surface area contributed by atoms with Crippen molar-refractivity contribution in [2.24, 2.45) is 0 Å². The maximum atomic E-state index is 14.0. The number of carbonyl (C=O) groups excluding carboxylic acids is 2. The van der Waals surface area contributed by atoms with Crippen LogP contribution >= 0.6 is 11.6 Å². The topological polar surface area (TPSA) is 114 Å². The predicted molar refractivity (Wildman–Crippen MR) is 190 cm³/mol. The quantitative estimate of drug-likeness (QED) is 0.126. The zero-order chi connectivity index (χ0) is 35.5. The van der Waals surface area contributed by atoms with E-state index in [0.29, 0.717) is 10.8 Å². The third-order valence-corrected chi connectivity index (χ3v) is 9.55. The van der Waals surface area contributed by atoms with Crippen LogP contribution in [-0.4, -0.2) is 44.9 Å². The van der Waals surface area contributed by atoms with Gasteiger partial charge in [0.15, 0.2) is 6.61 Å². The van der Waals surface area contributed by atoms with Crippen molar-refractivity contribution in [2.75, 3.05) is 18.4 Å². The van der Waals surface area contributed by atoms with Gasteiger partial charge in [-0.25, -0.2) is 12.8 Å². The van der Waals surface area contributed by atoms with Gasteiger partial charge in [-0.05, 0) is 83.4 Å². The lowest BCUT2D eigenvalue weighted by Gasteiger charge is -2.31. The van der Waals surface area contributed by atoms with Crippen LogP contribution in [0.4, 0.5) is 10.1 Å². The summed E-state index contributed by atoms with van der Waals surface area (Å²) >= 11 is 6.35. The van der Waals surface area contributed by atoms with Crippen LogP contribution in [0.2, 0.25) is 5.02 Å². The van der Waals surface area contributed by atoms with Crippen molar-refractivity contribution in [3.8, 4) is 11.5 Å². The van der Waals surface area contributed by atoms with Gasteiger partial charge in [0.25, 0.3) is 15.9 Å². The number of benzene rings is 5. The van der Waals surface area contributed by atoms with Crippen LogP contribution in [-0.2, 0) is 39.1 Å². The Bertz CT molecular complexity index is 2000. The summed E-state index contributed by atoms with van der Waals surface area (Å²) < 4.78 is 52.5. The fraction of sp³-hybridized carbons (Fsp3) is 0.158. The Morgan fingerprint density at radius 3 is 2.10 bits per heavy atom. The summed E-state index contributed by atoms with van der Waals surface area (Å²) in [5, 5.41) is 3.47. The van der Waals surface area contributed by atoms with Crippen molar-refractivity contribution in [1.29, 1.82) is 0 Å². The number of rotatable bonds is 15. The Hall–Kier alpha value is -5.39. The first-order chi connectivity index (χ1) is 24.1. The highest BCUT2D eigenvalue weighted by atomic mass is 35.5. The smallest absolute Gasteiger partial charge is 0.261 e. The number of nitrogens with zero attached hydrogens (tertiary/aromatic N) is 1. The molecule has 0 aromatic heterocycles. The van der Waals surface area contributed by atoms with Gasteiger partial charge < -0.3 is 19.7 Å². The fourth-order valence-corrected chi connectivity index (χ4v) is 6.36. The number of nitrogens with one attached hydrogen (secondary N) is 2. The zero-order valence-electron chi connectivity index (χ0n) is 27.1. The van der Waals surface area contributed by atoms with E-state index in [4.69, 9.17) is 21.1 Å². The molecular weight excluding hydrogens is 681 g/mol. The van der Waals surface area contributed by atoms with Gasteiger partial charge in [-0.1, -0.05) is 72.3 Å². The van der Waals surface area contributed by atoms with Crippen molar-refractivity contribution in [1.82, 2.24) is 10.2 Å². The number of carbonyl (C=O) groups is 2. The molecule has 5 aromatic rings. The monoisotopic (exact) mass is 715 g/mol. The van der Waals surface area contributed by atoms with Crippen LogP contribution in [0.15, 0.2) is 132 Å². The molecule has 2 N–H and O–H groups in total. The molecule has 0 saturated heterocycles. The fourth-order valence-electron chi connectivity index (χ4n) is 5.10. The molecule has 0 saturated carbocycles. The van der Waals surface area contributed by atoms with Gasteiger partial charge in [0, 0.05) is 30.2 Å². The van der Waals surface area contributed by atoms with E-state index >= 15 is 0 Å². The molecule has 9 nitrogen and oxygen atoms in total. The molecule has 0 spiro atoms. The van der Waals surface area contributed by atoms with Crippen molar-refractivity contribution >= 4 is 39.1 Å². The molecule has 0 radical (unpaired) electrons. The van der Waals surface area contributed by atoms with Gasteiger partial charge in [-0.15, -0.1) is 0 Å². The Balaban J connectivity index is 1.36. The van der Waals surface area contributed by atoms with Crippen LogP contribution in [0.5, 0.6) is 11.5 Å². The highest BCUT2D eigenvalue weighted by Crippen LogP contribution is 2.22. The lowest BCUT2D eigenvalue weighted by molar-refractivity contribution is -0.142. The average Bonchev–Trinajstić information content (AvgIpc) is 3.13. The number of methoxy groups -OCH3 is 1. The van der Waals surface area contributed by atoms with Gasteiger partial charge in [0.2, 0.25) is 5.91 Å². The number of hydrogen-bond acceptors (Lipinski definition) is 6. The molecule has 5 aromatic carbocycles. The van der Waals surface area contributed by atoms with E-state index in [9.17, 15) is 22.4 Å². The second-order valence-electron chi connectivity index (χ2n) is 11.3. The van der Waals surface area contributed by atoms with E-state index in [1.54, 1.807) is 31.4 Å². The molecule has 0 unspecified atom stereocenters. The molecular formula is C38H35ClFN3O6S. The molecule has 0 heterocycles. The Morgan fingerprint density at radius 2 is 1.44 bits per heavy atom. The lowest BCUT2D eigenvalue weighted by atomic mass is 10.0. The van der Waals surface area contributed by atoms with E-state index in [0.717, 1.165) is 28.8 Å². The highest BCUT2D eigenvalue weighted by molar-refractivity contribution is 7.92. The van der Waals surface area contributed by atoms with Crippen LogP contribution in [0.3, 0.4) is 0 Å². The average molecular weight is 716 g/mol. The molecule has 2 amide bonds. The Kier molecular flexibility index (Phi) is 12.1. The number of anilines is 1. The van der Waals surface area contributed by atoms with E-state index in [2.05, 4.69) is 10.0 Å². The standard InChI is InChI=1S/C38H35ClFN3O6S/c1-48-32-17-11-28(12-18-32)25-43(36(23-27-7-3-2-4-8-27)38(45)41-24-29-9-5-6-10-35(29)39)37(44)26-49-33-19-21-34(22-20-33)50(46,47)42-31-15-13-30(40)14-16-31/h2-22,36,42H,23-26H2,1H3,(H,41,45)/t36-/m0/s1. The van der Waals surface area contributed by atoms with Crippen LogP contribution in [0, 0.1) is 5.82 Å². The minimum atomic E-state index is -3.97. The van der Waals surface area contributed by atoms with Crippen molar-refractivity contribution in [3.05, 3.63) is 155 Å². The summed E-state index contributed by atoms with van der Waals surface area (Å²) in [4.78, 5) is 29.4. The Morgan fingerprint density at radius 1 is 0.800 bits per heavy atom. The third kappa shape index (κ3) is 9.83. The Labute approximate surface area is 295 Å². The van der Waals surface area contributed by atoms with E-state index < -0.39 is 34.4 Å². The molecule has 1 atom stereocenters. The van der Waals surface area contributed by atoms with E-state index in [1.165, 1.54) is 41.3 Å². The van der Waals surface area contributed by atoms with Gasteiger partial charge in [0.1, 0.15) is 23.4 Å². The third-order valence-electron chi connectivity index (χ3n) is 7.79. The minimum Gasteiger partial charge on any atom is -0.497 e. The lowest BCUT2D eigenvalue weighted by Crippen LogP contribution is -2.51. The first kappa shape index (κ1) is 35.9. The molecule has 0 aliphatic rings. The summed E-state index contributed by atoms with van der Waals surface area (Å²) in [6.07, 6.45) is 0.227. The van der Waals surface area contributed by atoms with E-state index in [-0.39, 0.29) is 41.7 Å². The number of amides is 2. The molecule has 50 heavy (non-hydrogen) atoms. The number of hydrogen-bond donors (Lipinski definition) is 2. The zero-order valence-corrected chi connectivity index (χ0v) is 28.7. The number of ether oxygens (including phenoxy) is 2. The van der Waals surface area contributed by atoms with E-state index in [1.807, 2.05) is 54.6 Å². The summed E-state index contributed by atoms with van der Waals surface area (Å²) in [5.41, 5.74) is 2.55. The van der Waals surface area contributed by atoms with Crippen molar-refractivity contribution in [2.45, 2.75) is 30.4 Å². The second-order valence-corrected chi connectivity index (χ2v) is 13.3. The maximum absolute atomic E-state index is 14.0. The first-order valence-electron chi connectivity index (χ1n) is 15.6. The minimum absolute atomic E-state index is 0.0558. The first-order valence-corrected chi connectivity index (χ1v) is 17.5. The van der Waals surface area contributed by atoms with Gasteiger partial charge in [-0.2, -0.15) is 0 Å². The van der Waals surface area contributed by atoms with Crippen molar-refractivity contribution < 1.29 is 31.9 Å². The van der Waals surface area contributed by atoms with Crippen molar-refractivity contribution in [3.63, 3.8) is 0 Å². The SMILES string of the molecule is COc1ccc(CN(C(=O)COc2ccc(S(=O)(=O)Nc3ccc(F)cc3)cc2)[C@@H](Cc2ccccc2)C(=O)NCc2ccccc2Cl)cc1. The summed E-state index contributed by atoms with van der Waals surface area (Å²) in [6.45, 7) is -0.176. The molecule has 0 aliphatic heterocycles. The molecule has 258 valence electrons. The number of halogens is 2. The second kappa shape index (κ2) is 16.8. The summed E-state index contributed by atoms with van der Waals surface area (Å²) in [6, 6.07) is 33.3. The molecule has 0 fully saturated rings. The maximum Gasteiger partial charge on any atom is 0.261 e. The molecule has 5 rings (SSSR count). The van der Waals surface area contributed by atoms with Crippen LogP contribution in [0.1, 0.15) is 16.7 Å². The van der Waals surface area contributed by atoms with Gasteiger partial charge >= 0.3 is 0 Å². The largest absolute Gasteiger partial charge is 0.497 e. The highest BCUT2D eigenvalue weighted by Gasteiger charge is 2.31. The summed E-state index contributed by atoms with van der Waals surface area (Å²) in [7, 11) is -2.41.